The number of fused-ring (bicyclic) bond motifs is 1. The average Bonchev–Trinajstić information content (AvgIpc) is 2.84. The molecule has 1 unspecified atom stereocenters. The monoisotopic (exact) mass is 245 g/mol. The number of anilines is 1. The second kappa shape index (κ2) is 3.95. The van der Waals surface area contributed by atoms with Crippen molar-refractivity contribution in [3.63, 3.8) is 0 Å². The molecule has 3 heterocycles. The molecule has 0 amide bonds. The standard InChI is InChI=1S/C13H19N5/c1-8-9(2)18(10-4-5-17(3)6-10)13-11(8)12(14)15-7-16-13/h7,10H,4-6H2,1-3H3,(H2,14,15,16). The van der Waals surface area contributed by atoms with Crippen LogP contribution in [0.1, 0.15) is 23.7 Å². The van der Waals surface area contributed by atoms with Crippen molar-refractivity contribution in [1.82, 2.24) is 19.4 Å². The molecule has 1 aliphatic rings. The zero-order chi connectivity index (χ0) is 12.9. The highest BCUT2D eigenvalue weighted by molar-refractivity contribution is 5.90. The molecule has 0 aromatic carbocycles. The molecule has 96 valence electrons. The van der Waals surface area contributed by atoms with Gasteiger partial charge in [0.15, 0.2) is 0 Å². The summed E-state index contributed by atoms with van der Waals surface area (Å²) in [4.78, 5) is 10.9. The number of aromatic nitrogens is 3. The first-order valence-corrected chi connectivity index (χ1v) is 6.35. The molecule has 2 aromatic heterocycles. The fourth-order valence-electron chi connectivity index (χ4n) is 3.02. The van der Waals surface area contributed by atoms with Crippen LogP contribution in [0.5, 0.6) is 0 Å². The average molecular weight is 245 g/mol. The summed E-state index contributed by atoms with van der Waals surface area (Å²) in [5.74, 6) is 0.589. The van der Waals surface area contributed by atoms with Gasteiger partial charge in [0.25, 0.3) is 0 Å². The van der Waals surface area contributed by atoms with E-state index in [1.165, 1.54) is 17.7 Å². The van der Waals surface area contributed by atoms with Crippen molar-refractivity contribution in [2.45, 2.75) is 26.3 Å². The largest absolute Gasteiger partial charge is 0.383 e. The Bertz CT molecular complexity index is 601. The number of nitrogen functional groups attached to an aromatic ring is 1. The van der Waals surface area contributed by atoms with Gasteiger partial charge in [0.05, 0.1) is 5.39 Å². The van der Waals surface area contributed by atoms with Gasteiger partial charge in [-0.1, -0.05) is 0 Å². The van der Waals surface area contributed by atoms with E-state index in [9.17, 15) is 0 Å². The minimum absolute atomic E-state index is 0.500. The van der Waals surface area contributed by atoms with Crippen LogP contribution in [-0.2, 0) is 0 Å². The Morgan fingerprint density at radius 1 is 1.33 bits per heavy atom. The Hall–Kier alpha value is -1.62. The van der Waals surface area contributed by atoms with E-state index in [0.717, 1.165) is 24.1 Å². The summed E-state index contributed by atoms with van der Waals surface area (Å²) in [6, 6.07) is 0.500. The second-order valence-corrected chi connectivity index (χ2v) is 5.24. The van der Waals surface area contributed by atoms with Crippen LogP contribution >= 0.6 is 0 Å². The fourth-order valence-corrected chi connectivity index (χ4v) is 3.02. The first kappa shape index (κ1) is 11.5. The Morgan fingerprint density at radius 2 is 2.11 bits per heavy atom. The summed E-state index contributed by atoms with van der Waals surface area (Å²) in [6.07, 6.45) is 2.73. The van der Waals surface area contributed by atoms with Gasteiger partial charge in [-0.25, -0.2) is 9.97 Å². The summed E-state index contributed by atoms with van der Waals surface area (Å²) in [5, 5.41) is 1.02. The molecule has 3 rings (SSSR count). The van der Waals surface area contributed by atoms with Crippen molar-refractivity contribution in [2.75, 3.05) is 25.9 Å². The number of hydrogen-bond donors (Lipinski definition) is 1. The van der Waals surface area contributed by atoms with E-state index >= 15 is 0 Å². The van der Waals surface area contributed by atoms with Crippen molar-refractivity contribution in [3.8, 4) is 0 Å². The Labute approximate surface area is 107 Å². The third-order valence-corrected chi connectivity index (χ3v) is 4.10. The lowest BCUT2D eigenvalue weighted by atomic mass is 10.2. The maximum absolute atomic E-state index is 5.99. The minimum atomic E-state index is 0.500. The molecule has 0 saturated carbocycles. The molecule has 0 aliphatic carbocycles. The Kier molecular flexibility index (Phi) is 2.52. The fraction of sp³-hybridized carbons (Fsp3) is 0.538. The smallest absolute Gasteiger partial charge is 0.146 e. The van der Waals surface area contributed by atoms with Gasteiger partial charge in [0, 0.05) is 18.3 Å². The van der Waals surface area contributed by atoms with E-state index < -0.39 is 0 Å². The molecule has 0 bridgehead atoms. The molecule has 0 radical (unpaired) electrons. The van der Waals surface area contributed by atoms with E-state index in [1.54, 1.807) is 6.33 Å². The molecule has 2 N–H and O–H groups in total. The molecule has 1 atom stereocenters. The molecule has 1 saturated heterocycles. The molecule has 1 fully saturated rings. The van der Waals surface area contributed by atoms with E-state index in [4.69, 9.17) is 5.73 Å². The number of aryl methyl sites for hydroxylation is 1. The van der Waals surface area contributed by atoms with Gasteiger partial charge in [-0.2, -0.15) is 0 Å². The van der Waals surface area contributed by atoms with Gasteiger partial charge in [-0.05, 0) is 39.4 Å². The van der Waals surface area contributed by atoms with Crippen LogP contribution in [0.3, 0.4) is 0 Å². The zero-order valence-electron chi connectivity index (χ0n) is 11.1. The second-order valence-electron chi connectivity index (χ2n) is 5.24. The maximum atomic E-state index is 5.99. The van der Waals surface area contributed by atoms with Gasteiger partial charge >= 0.3 is 0 Å². The van der Waals surface area contributed by atoms with E-state index in [0.29, 0.717) is 11.9 Å². The van der Waals surface area contributed by atoms with Crippen molar-refractivity contribution in [2.24, 2.45) is 0 Å². The third kappa shape index (κ3) is 1.50. The van der Waals surface area contributed by atoms with Crippen LogP contribution in [-0.4, -0.2) is 39.6 Å². The number of nitrogens with two attached hydrogens (primary N) is 1. The molecular weight excluding hydrogens is 226 g/mol. The highest BCUT2D eigenvalue weighted by Crippen LogP contribution is 2.32. The van der Waals surface area contributed by atoms with Crippen molar-refractivity contribution < 1.29 is 0 Å². The van der Waals surface area contributed by atoms with Gasteiger partial charge < -0.3 is 15.2 Å². The lowest BCUT2D eigenvalue weighted by Crippen LogP contribution is -2.17. The van der Waals surface area contributed by atoms with Crippen LogP contribution in [0.15, 0.2) is 6.33 Å². The molecule has 0 spiro atoms. The van der Waals surface area contributed by atoms with Crippen LogP contribution in [0.2, 0.25) is 0 Å². The van der Waals surface area contributed by atoms with Crippen molar-refractivity contribution in [3.05, 3.63) is 17.6 Å². The van der Waals surface area contributed by atoms with Crippen LogP contribution in [0.25, 0.3) is 11.0 Å². The summed E-state index contributed by atoms with van der Waals surface area (Å²) in [6.45, 7) is 6.47. The lowest BCUT2D eigenvalue weighted by molar-refractivity contribution is 0.393. The van der Waals surface area contributed by atoms with Gasteiger partial charge in [-0.3, -0.25) is 0 Å². The molecule has 1 aliphatic heterocycles. The predicted octanol–water partition coefficient (Wildman–Crippen LogP) is 1.51. The first-order chi connectivity index (χ1) is 8.59. The highest BCUT2D eigenvalue weighted by Gasteiger charge is 2.26. The Morgan fingerprint density at radius 3 is 2.78 bits per heavy atom. The van der Waals surface area contributed by atoms with Crippen molar-refractivity contribution in [1.29, 1.82) is 0 Å². The molecule has 5 heteroatoms. The van der Waals surface area contributed by atoms with Gasteiger partial charge in [0.2, 0.25) is 0 Å². The van der Waals surface area contributed by atoms with Gasteiger partial charge in [-0.15, -0.1) is 0 Å². The van der Waals surface area contributed by atoms with Crippen LogP contribution in [0, 0.1) is 13.8 Å². The van der Waals surface area contributed by atoms with Gasteiger partial charge in [0.1, 0.15) is 17.8 Å². The minimum Gasteiger partial charge on any atom is -0.383 e. The lowest BCUT2D eigenvalue weighted by Gasteiger charge is -2.16. The normalized spacial score (nSPS) is 20.9. The summed E-state index contributed by atoms with van der Waals surface area (Å²) >= 11 is 0. The van der Waals surface area contributed by atoms with Crippen molar-refractivity contribution >= 4 is 16.9 Å². The number of hydrogen-bond acceptors (Lipinski definition) is 4. The number of likely N-dealkylation sites (tertiary alicyclic amines) is 1. The maximum Gasteiger partial charge on any atom is 0.146 e. The predicted molar refractivity (Wildman–Crippen MR) is 72.6 cm³/mol. The number of nitrogens with zero attached hydrogens (tertiary/aromatic N) is 4. The number of rotatable bonds is 1. The van der Waals surface area contributed by atoms with E-state index in [1.807, 2.05) is 0 Å². The summed E-state index contributed by atoms with van der Waals surface area (Å²) < 4.78 is 2.34. The number of likely N-dealkylation sites (N-methyl/N-ethyl adjacent to an activating group) is 1. The molecular formula is C13H19N5. The quantitative estimate of drug-likeness (QED) is 0.827. The zero-order valence-corrected chi connectivity index (χ0v) is 11.1. The SMILES string of the molecule is Cc1c(C)n(C2CCN(C)C2)c2ncnc(N)c12. The summed E-state index contributed by atoms with van der Waals surface area (Å²) in [7, 11) is 2.16. The summed E-state index contributed by atoms with van der Waals surface area (Å²) in [5.41, 5.74) is 9.44. The third-order valence-electron chi connectivity index (χ3n) is 4.10. The van der Waals surface area contributed by atoms with E-state index in [2.05, 4.69) is 40.3 Å². The molecule has 5 nitrogen and oxygen atoms in total. The topological polar surface area (TPSA) is 60.0 Å². The molecule has 18 heavy (non-hydrogen) atoms. The van der Waals surface area contributed by atoms with Crippen LogP contribution in [0.4, 0.5) is 5.82 Å². The van der Waals surface area contributed by atoms with E-state index in [-0.39, 0.29) is 0 Å². The molecule has 2 aromatic rings. The Balaban J connectivity index is 2.23. The first-order valence-electron chi connectivity index (χ1n) is 6.35. The van der Waals surface area contributed by atoms with Crippen LogP contribution < -0.4 is 5.73 Å². The highest BCUT2D eigenvalue weighted by atomic mass is 15.2.